The summed E-state index contributed by atoms with van der Waals surface area (Å²) in [5, 5.41) is 11.4. The Morgan fingerprint density at radius 2 is 2.27 bits per heavy atom. The van der Waals surface area contributed by atoms with Crippen LogP contribution in [-0.2, 0) is 16.0 Å². The molecule has 1 aliphatic heterocycles. The third kappa shape index (κ3) is 4.25. The highest BCUT2D eigenvalue weighted by Gasteiger charge is 2.37. The van der Waals surface area contributed by atoms with Gasteiger partial charge in [-0.05, 0) is 24.1 Å². The molecule has 8 heteroatoms. The van der Waals surface area contributed by atoms with Gasteiger partial charge in [0.25, 0.3) is 5.91 Å². The van der Waals surface area contributed by atoms with E-state index >= 15 is 0 Å². The molecule has 0 saturated carbocycles. The summed E-state index contributed by atoms with van der Waals surface area (Å²) < 4.78 is 18.6. The molecule has 26 heavy (non-hydrogen) atoms. The van der Waals surface area contributed by atoms with Crippen molar-refractivity contribution in [1.29, 1.82) is 0 Å². The molecule has 2 atom stereocenters. The van der Waals surface area contributed by atoms with Crippen LogP contribution in [-0.4, -0.2) is 52.7 Å². The van der Waals surface area contributed by atoms with Crippen molar-refractivity contribution in [3.8, 4) is 0 Å². The first kappa shape index (κ1) is 18.5. The van der Waals surface area contributed by atoms with E-state index in [2.05, 4.69) is 4.98 Å². The Bertz CT molecular complexity index is 810. The minimum atomic E-state index is -0.949. The number of rotatable bonds is 6. The maximum absolute atomic E-state index is 13.3. The average Bonchev–Trinajstić information content (AvgIpc) is 3.21. The molecule has 3 rings (SSSR count). The SMILES string of the molecule is COC1CC(CC(=O)O)N(C(=O)c2csc(Cc3cccc(F)c3)n2)C1. The molecule has 1 aromatic heterocycles. The number of hydrogen-bond donors (Lipinski definition) is 1. The highest BCUT2D eigenvalue weighted by Crippen LogP contribution is 2.25. The third-order valence-corrected chi connectivity index (χ3v) is 5.24. The molecule has 138 valence electrons. The number of aliphatic carboxylic acids is 1. The first-order valence-electron chi connectivity index (χ1n) is 8.20. The molecule has 2 unspecified atom stereocenters. The van der Waals surface area contributed by atoms with E-state index in [1.54, 1.807) is 24.6 Å². The number of carbonyl (C=O) groups is 2. The van der Waals surface area contributed by atoms with Gasteiger partial charge < -0.3 is 14.7 Å². The molecular weight excluding hydrogens is 359 g/mol. The Morgan fingerprint density at radius 3 is 2.96 bits per heavy atom. The monoisotopic (exact) mass is 378 g/mol. The molecule has 0 bridgehead atoms. The lowest BCUT2D eigenvalue weighted by atomic mass is 10.1. The van der Waals surface area contributed by atoms with Crippen molar-refractivity contribution in [3.63, 3.8) is 0 Å². The summed E-state index contributed by atoms with van der Waals surface area (Å²) in [5.41, 5.74) is 1.07. The minimum absolute atomic E-state index is 0.119. The van der Waals surface area contributed by atoms with Gasteiger partial charge in [-0.1, -0.05) is 12.1 Å². The quantitative estimate of drug-likeness (QED) is 0.836. The van der Waals surface area contributed by atoms with Gasteiger partial charge in [-0.3, -0.25) is 9.59 Å². The molecule has 1 amide bonds. The van der Waals surface area contributed by atoms with Crippen LogP contribution in [0.5, 0.6) is 0 Å². The second kappa shape index (κ2) is 7.92. The molecule has 0 spiro atoms. The second-order valence-electron chi connectivity index (χ2n) is 6.24. The van der Waals surface area contributed by atoms with Gasteiger partial charge in [0.2, 0.25) is 0 Å². The lowest BCUT2D eigenvalue weighted by molar-refractivity contribution is -0.138. The smallest absolute Gasteiger partial charge is 0.305 e. The maximum Gasteiger partial charge on any atom is 0.305 e. The molecule has 0 aliphatic carbocycles. The molecule has 1 N–H and O–H groups in total. The van der Waals surface area contributed by atoms with Crippen LogP contribution < -0.4 is 0 Å². The number of methoxy groups -OCH3 is 1. The summed E-state index contributed by atoms with van der Waals surface area (Å²) >= 11 is 1.33. The number of aromatic nitrogens is 1. The zero-order valence-electron chi connectivity index (χ0n) is 14.2. The molecule has 2 heterocycles. The predicted molar refractivity (Wildman–Crippen MR) is 93.8 cm³/mol. The number of thiazole rings is 1. The Hall–Kier alpha value is -2.32. The molecule has 2 aromatic rings. The van der Waals surface area contributed by atoms with Crippen molar-refractivity contribution >= 4 is 23.2 Å². The van der Waals surface area contributed by atoms with Crippen LogP contribution >= 0.6 is 11.3 Å². The third-order valence-electron chi connectivity index (χ3n) is 4.40. The first-order valence-corrected chi connectivity index (χ1v) is 9.08. The summed E-state index contributed by atoms with van der Waals surface area (Å²) in [4.78, 5) is 29.7. The zero-order chi connectivity index (χ0) is 18.7. The van der Waals surface area contributed by atoms with Crippen molar-refractivity contribution in [3.05, 3.63) is 51.7 Å². The number of nitrogens with zero attached hydrogens (tertiary/aromatic N) is 2. The highest BCUT2D eigenvalue weighted by atomic mass is 32.1. The lowest BCUT2D eigenvalue weighted by Crippen LogP contribution is -2.37. The van der Waals surface area contributed by atoms with Crippen LogP contribution in [0.4, 0.5) is 4.39 Å². The Morgan fingerprint density at radius 1 is 1.46 bits per heavy atom. The normalized spacial score (nSPS) is 19.7. The molecule has 1 aromatic carbocycles. The fraction of sp³-hybridized carbons (Fsp3) is 0.389. The predicted octanol–water partition coefficient (Wildman–Crippen LogP) is 2.58. The Kier molecular flexibility index (Phi) is 5.63. The number of halogens is 1. The molecular formula is C18H19FN2O4S. The van der Waals surface area contributed by atoms with E-state index in [0.29, 0.717) is 24.4 Å². The van der Waals surface area contributed by atoms with Gasteiger partial charge in [-0.2, -0.15) is 0 Å². The van der Waals surface area contributed by atoms with Crippen LogP contribution in [0.1, 0.15) is 33.9 Å². The van der Waals surface area contributed by atoms with E-state index in [-0.39, 0.29) is 29.9 Å². The number of amides is 1. The zero-order valence-corrected chi connectivity index (χ0v) is 15.0. The number of carboxylic acid groups (broad SMARTS) is 1. The van der Waals surface area contributed by atoms with Gasteiger partial charge in [0, 0.05) is 31.5 Å². The van der Waals surface area contributed by atoms with Crippen LogP contribution in [0.15, 0.2) is 29.6 Å². The van der Waals surface area contributed by atoms with Crippen LogP contribution in [0.25, 0.3) is 0 Å². The number of ether oxygens (including phenoxy) is 1. The molecule has 6 nitrogen and oxygen atoms in total. The van der Waals surface area contributed by atoms with Crippen molar-refractivity contribution in [1.82, 2.24) is 9.88 Å². The van der Waals surface area contributed by atoms with Gasteiger partial charge in [0.1, 0.15) is 11.5 Å². The van der Waals surface area contributed by atoms with Crippen molar-refractivity contribution < 1.29 is 23.8 Å². The first-order chi connectivity index (χ1) is 12.5. The Labute approximate surface area is 154 Å². The van der Waals surface area contributed by atoms with E-state index in [1.807, 2.05) is 0 Å². The van der Waals surface area contributed by atoms with E-state index in [9.17, 15) is 14.0 Å². The maximum atomic E-state index is 13.3. The van der Waals surface area contributed by atoms with Gasteiger partial charge in [0.15, 0.2) is 0 Å². The average molecular weight is 378 g/mol. The number of likely N-dealkylation sites (tertiary alicyclic amines) is 1. The molecule has 1 aliphatic rings. The molecule has 1 fully saturated rings. The van der Waals surface area contributed by atoms with Crippen LogP contribution in [0.3, 0.4) is 0 Å². The summed E-state index contributed by atoms with van der Waals surface area (Å²) in [6.07, 6.45) is 0.643. The summed E-state index contributed by atoms with van der Waals surface area (Å²) in [7, 11) is 1.55. The van der Waals surface area contributed by atoms with Crippen LogP contribution in [0, 0.1) is 5.82 Å². The van der Waals surface area contributed by atoms with Crippen molar-refractivity contribution in [2.45, 2.75) is 31.4 Å². The van der Waals surface area contributed by atoms with Crippen molar-refractivity contribution in [2.75, 3.05) is 13.7 Å². The highest BCUT2D eigenvalue weighted by molar-refractivity contribution is 7.09. The lowest BCUT2D eigenvalue weighted by Gasteiger charge is -2.22. The second-order valence-corrected chi connectivity index (χ2v) is 7.18. The fourth-order valence-electron chi connectivity index (χ4n) is 3.15. The number of hydrogen-bond acceptors (Lipinski definition) is 5. The molecule has 1 saturated heterocycles. The van der Waals surface area contributed by atoms with E-state index < -0.39 is 12.0 Å². The van der Waals surface area contributed by atoms with E-state index in [4.69, 9.17) is 9.84 Å². The van der Waals surface area contributed by atoms with Gasteiger partial charge in [0.05, 0.1) is 17.5 Å². The van der Waals surface area contributed by atoms with Gasteiger partial charge in [-0.15, -0.1) is 11.3 Å². The molecule has 0 radical (unpaired) electrons. The number of carbonyl (C=O) groups excluding carboxylic acids is 1. The van der Waals surface area contributed by atoms with E-state index in [1.165, 1.54) is 28.4 Å². The number of carboxylic acids is 1. The number of benzene rings is 1. The standard InChI is InChI=1S/C18H19FN2O4S/c1-25-14-7-13(8-17(22)23)21(9-14)18(24)15-10-26-16(20-15)6-11-3-2-4-12(19)5-11/h2-5,10,13-14H,6-9H2,1H3,(H,22,23). The summed E-state index contributed by atoms with van der Waals surface area (Å²) in [6.45, 7) is 0.351. The summed E-state index contributed by atoms with van der Waals surface area (Å²) in [5.74, 6) is -1.55. The Balaban J connectivity index is 1.73. The fourth-order valence-corrected chi connectivity index (χ4v) is 3.95. The van der Waals surface area contributed by atoms with Gasteiger partial charge >= 0.3 is 5.97 Å². The van der Waals surface area contributed by atoms with Gasteiger partial charge in [-0.25, -0.2) is 9.37 Å². The minimum Gasteiger partial charge on any atom is -0.481 e. The summed E-state index contributed by atoms with van der Waals surface area (Å²) in [6, 6.07) is 5.85. The largest absolute Gasteiger partial charge is 0.481 e. The van der Waals surface area contributed by atoms with Crippen molar-refractivity contribution in [2.24, 2.45) is 0 Å². The topological polar surface area (TPSA) is 79.7 Å². The van der Waals surface area contributed by atoms with E-state index in [0.717, 1.165) is 5.56 Å². The van der Waals surface area contributed by atoms with Crippen LogP contribution in [0.2, 0.25) is 0 Å².